The van der Waals surface area contributed by atoms with Gasteiger partial charge in [-0.3, -0.25) is 0 Å². The Labute approximate surface area is 135 Å². The number of ether oxygens (including phenoxy) is 1. The monoisotopic (exact) mass is 321 g/mol. The molecule has 0 aliphatic carbocycles. The van der Waals surface area contributed by atoms with Gasteiger partial charge in [0, 0.05) is 25.8 Å². The zero-order valence-electron chi connectivity index (χ0n) is 13.2. The van der Waals surface area contributed by atoms with Crippen LogP contribution >= 0.6 is 0 Å². The Morgan fingerprint density at radius 1 is 1.52 bits per heavy atom. The van der Waals surface area contributed by atoms with Crippen molar-refractivity contribution >= 4 is 17.7 Å². The van der Waals surface area contributed by atoms with Gasteiger partial charge in [0.15, 0.2) is 0 Å². The van der Waals surface area contributed by atoms with Crippen LogP contribution in [0.2, 0.25) is 0 Å². The van der Waals surface area contributed by atoms with E-state index in [9.17, 15) is 9.59 Å². The normalized spacial score (nSPS) is 17.4. The summed E-state index contributed by atoms with van der Waals surface area (Å²) in [6.07, 6.45) is 3.47. The molecule has 126 valence electrons. The van der Waals surface area contributed by atoms with Gasteiger partial charge in [0.05, 0.1) is 6.61 Å². The summed E-state index contributed by atoms with van der Waals surface area (Å²) in [5, 5.41) is 5.44. The van der Waals surface area contributed by atoms with E-state index in [1.807, 2.05) is 6.92 Å². The van der Waals surface area contributed by atoms with Crippen molar-refractivity contribution in [3.05, 3.63) is 18.3 Å². The molecule has 0 bridgehead atoms. The number of nitrogens with zero attached hydrogens (tertiary/aromatic N) is 2. The summed E-state index contributed by atoms with van der Waals surface area (Å²) in [5.74, 6) is 0.620. The molecule has 0 spiro atoms. The minimum absolute atomic E-state index is 0.192. The number of hydrogen-bond donors (Lipinski definition) is 3. The van der Waals surface area contributed by atoms with Crippen molar-refractivity contribution in [1.29, 1.82) is 0 Å². The number of carbonyl (C=O) groups excluding carboxylic acids is 2. The number of nitrogens with one attached hydrogen (secondary N) is 2. The second-order valence-electron chi connectivity index (χ2n) is 5.42. The molecule has 0 aromatic carbocycles. The Morgan fingerprint density at radius 2 is 2.35 bits per heavy atom. The van der Waals surface area contributed by atoms with E-state index in [2.05, 4.69) is 15.6 Å². The first-order valence-electron chi connectivity index (χ1n) is 7.77. The summed E-state index contributed by atoms with van der Waals surface area (Å²) in [7, 11) is 0. The number of nitrogens with two attached hydrogens (primary N) is 1. The van der Waals surface area contributed by atoms with Gasteiger partial charge in [-0.25, -0.2) is 14.6 Å². The molecule has 1 fully saturated rings. The molecule has 2 rings (SSSR count). The van der Waals surface area contributed by atoms with Crippen LogP contribution in [-0.4, -0.2) is 48.2 Å². The first-order chi connectivity index (χ1) is 11.1. The number of primary amides is 1. The number of hydrogen-bond acceptors (Lipinski definition) is 4. The molecule has 1 aromatic heterocycles. The fourth-order valence-electron chi connectivity index (χ4n) is 2.59. The van der Waals surface area contributed by atoms with E-state index in [-0.39, 0.29) is 11.9 Å². The van der Waals surface area contributed by atoms with E-state index in [0.717, 1.165) is 12.8 Å². The number of anilines is 1. The lowest BCUT2D eigenvalue weighted by atomic mass is 9.98. The van der Waals surface area contributed by atoms with E-state index < -0.39 is 6.03 Å². The van der Waals surface area contributed by atoms with Gasteiger partial charge < -0.3 is 26.0 Å². The number of piperidine rings is 1. The Hall–Kier alpha value is -2.51. The number of likely N-dealkylation sites (tertiary alicyclic amines) is 1. The third-order valence-corrected chi connectivity index (χ3v) is 3.66. The van der Waals surface area contributed by atoms with Crippen LogP contribution in [-0.2, 0) is 0 Å². The lowest BCUT2D eigenvalue weighted by molar-refractivity contribution is 0.176. The van der Waals surface area contributed by atoms with Gasteiger partial charge in [-0.15, -0.1) is 0 Å². The summed E-state index contributed by atoms with van der Waals surface area (Å²) in [4.78, 5) is 29.1. The second-order valence-corrected chi connectivity index (χ2v) is 5.42. The SMILES string of the molecule is CCOc1ncccc1NC(=O)N1CCC[C@@H](CNC(N)=O)C1. The quantitative estimate of drug-likeness (QED) is 0.761. The highest BCUT2D eigenvalue weighted by molar-refractivity contribution is 5.90. The van der Waals surface area contributed by atoms with Gasteiger partial charge in [-0.2, -0.15) is 0 Å². The fraction of sp³-hybridized carbons (Fsp3) is 0.533. The third-order valence-electron chi connectivity index (χ3n) is 3.66. The summed E-state index contributed by atoms with van der Waals surface area (Å²) in [5.41, 5.74) is 5.64. The summed E-state index contributed by atoms with van der Waals surface area (Å²) < 4.78 is 5.41. The van der Waals surface area contributed by atoms with Crippen LogP contribution in [0, 0.1) is 5.92 Å². The fourth-order valence-corrected chi connectivity index (χ4v) is 2.59. The van der Waals surface area contributed by atoms with Crippen molar-refractivity contribution in [3.63, 3.8) is 0 Å². The standard InChI is InChI=1S/C15H23N5O3/c1-2-23-13-12(6-3-7-17-13)19-15(22)20-8-4-5-11(10-20)9-18-14(16)21/h3,6-7,11H,2,4-5,8-10H2,1H3,(H,19,22)(H3,16,18,21)/t11-/m0/s1. The maximum atomic E-state index is 12.4. The molecule has 4 amide bonds. The second kappa shape index (κ2) is 8.21. The molecule has 1 saturated heterocycles. The van der Waals surface area contributed by atoms with E-state index >= 15 is 0 Å². The highest BCUT2D eigenvalue weighted by atomic mass is 16.5. The molecule has 0 unspecified atom stereocenters. The van der Waals surface area contributed by atoms with E-state index in [1.165, 1.54) is 0 Å². The molecular weight excluding hydrogens is 298 g/mol. The van der Waals surface area contributed by atoms with Crippen molar-refractivity contribution in [2.24, 2.45) is 11.7 Å². The molecule has 23 heavy (non-hydrogen) atoms. The maximum absolute atomic E-state index is 12.4. The molecule has 4 N–H and O–H groups in total. The molecular formula is C15H23N5O3. The number of aromatic nitrogens is 1. The van der Waals surface area contributed by atoms with Crippen LogP contribution in [0.5, 0.6) is 5.88 Å². The molecule has 2 heterocycles. The molecule has 1 aromatic rings. The molecule has 0 radical (unpaired) electrons. The van der Waals surface area contributed by atoms with Crippen molar-refractivity contribution in [1.82, 2.24) is 15.2 Å². The first-order valence-corrected chi connectivity index (χ1v) is 7.77. The van der Waals surface area contributed by atoms with E-state index in [0.29, 0.717) is 37.8 Å². The first kappa shape index (κ1) is 16.9. The van der Waals surface area contributed by atoms with Crippen molar-refractivity contribution < 1.29 is 14.3 Å². The number of urea groups is 2. The predicted molar refractivity (Wildman–Crippen MR) is 86.3 cm³/mol. The summed E-state index contributed by atoms with van der Waals surface area (Å²) in [6, 6.07) is 2.77. The molecule has 8 heteroatoms. The molecule has 1 atom stereocenters. The van der Waals surface area contributed by atoms with Crippen LogP contribution < -0.4 is 21.1 Å². The van der Waals surface area contributed by atoms with E-state index in [1.54, 1.807) is 23.2 Å². The van der Waals surface area contributed by atoms with Crippen LogP contribution in [0.4, 0.5) is 15.3 Å². The molecule has 0 saturated carbocycles. The van der Waals surface area contributed by atoms with Crippen LogP contribution in [0.15, 0.2) is 18.3 Å². The number of pyridine rings is 1. The lowest BCUT2D eigenvalue weighted by Crippen LogP contribution is -2.46. The summed E-state index contributed by atoms with van der Waals surface area (Å²) in [6.45, 7) is 4.08. The zero-order valence-corrected chi connectivity index (χ0v) is 13.2. The van der Waals surface area contributed by atoms with Crippen molar-refractivity contribution in [2.75, 3.05) is 31.6 Å². The van der Waals surface area contributed by atoms with Gasteiger partial charge in [-0.1, -0.05) is 0 Å². The summed E-state index contributed by atoms with van der Waals surface area (Å²) >= 11 is 0. The smallest absolute Gasteiger partial charge is 0.322 e. The van der Waals surface area contributed by atoms with Gasteiger partial charge >= 0.3 is 12.1 Å². The van der Waals surface area contributed by atoms with Gasteiger partial charge in [0.1, 0.15) is 5.69 Å². The molecule has 1 aliphatic heterocycles. The van der Waals surface area contributed by atoms with Gasteiger partial charge in [-0.05, 0) is 37.8 Å². The largest absolute Gasteiger partial charge is 0.476 e. The minimum atomic E-state index is -0.539. The number of carbonyl (C=O) groups is 2. The Balaban J connectivity index is 1.93. The maximum Gasteiger partial charge on any atom is 0.322 e. The third kappa shape index (κ3) is 5.01. The predicted octanol–water partition coefficient (Wildman–Crippen LogP) is 1.39. The average molecular weight is 321 g/mol. The van der Waals surface area contributed by atoms with Crippen molar-refractivity contribution in [2.45, 2.75) is 19.8 Å². The Bertz CT molecular complexity index is 552. The lowest BCUT2D eigenvalue weighted by Gasteiger charge is -2.32. The van der Waals surface area contributed by atoms with E-state index in [4.69, 9.17) is 10.5 Å². The highest BCUT2D eigenvalue weighted by Gasteiger charge is 2.24. The topological polar surface area (TPSA) is 110 Å². The van der Waals surface area contributed by atoms with Crippen molar-refractivity contribution in [3.8, 4) is 5.88 Å². The molecule has 1 aliphatic rings. The Kier molecular flexibility index (Phi) is 6.02. The average Bonchev–Trinajstić information content (AvgIpc) is 2.55. The number of rotatable bonds is 5. The zero-order chi connectivity index (χ0) is 16.7. The van der Waals surface area contributed by atoms with Gasteiger partial charge in [0.25, 0.3) is 0 Å². The molecule has 8 nitrogen and oxygen atoms in total. The Morgan fingerprint density at radius 3 is 3.09 bits per heavy atom. The number of amides is 4. The van der Waals surface area contributed by atoms with Crippen LogP contribution in [0.1, 0.15) is 19.8 Å². The van der Waals surface area contributed by atoms with Gasteiger partial charge in [0.2, 0.25) is 5.88 Å². The highest BCUT2D eigenvalue weighted by Crippen LogP contribution is 2.22. The van der Waals surface area contributed by atoms with Crippen LogP contribution in [0.3, 0.4) is 0 Å². The minimum Gasteiger partial charge on any atom is -0.476 e. The van der Waals surface area contributed by atoms with Crippen LogP contribution in [0.25, 0.3) is 0 Å².